The number of terminal acetylenes is 2. The largest absolute Gasteiger partial charge is 0.417 e. The predicted octanol–water partition coefficient (Wildman–Crippen LogP) is 2.67. The van der Waals surface area contributed by atoms with Crippen LogP contribution >= 0.6 is 0 Å². The molecule has 1 aromatic carbocycles. The Kier molecular flexibility index (Phi) is 2.53. The molecule has 0 unspecified atom stereocenters. The van der Waals surface area contributed by atoms with Crippen molar-refractivity contribution >= 4 is 0 Å². The van der Waals surface area contributed by atoms with Crippen molar-refractivity contribution in [3.8, 4) is 24.7 Å². The first-order valence-corrected chi connectivity index (χ1v) is 3.64. The van der Waals surface area contributed by atoms with Gasteiger partial charge in [-0.1, -0.05) is 17.9 Å². The molecule has 0 amide bonds. The lowest BCUT2D eigenvalue weighted by molar-refractivity contribution is -0.137. The van der Waals surface area contributed by atoms with E-state index in [2.05, 4.69) is 5.92 Å². The van der Waals surface area contributed by atoms with E-state index in [9.17, 15) is 13.2 Å². The van der Waals surface area contributed by atoms with Crippen LogP contribution in [0.1, 0.15) is 16.7 Å². The van der Waals surface area contributed by atoms with E-state index in [4.69, 9.17) is 12.8 Å². The van der Waals surface area contributed by atoms with Crippen LogP contribution in [0.2, 0.25) is 0 Å². The average Bonchev–Trinajstić information content (AvgIpc) is 2.15. The van der Waals surface area contributed by atoms with E-state index in [-0.39, 0.29) is 11.1 Å². The molecule has 0 fully saturated rings. The van der Waals surface area contributed by atoms with Gasteiger partial charge in [-0.25, -0.2) is 0 Å². The van der Waals surface area contributed by atoms with Gasteiger partial charge in [-0.3, -0.25) is 0 Å². The van der Waals surface area contributed by atoms with Gasteiger partial charge in [-0.15, -0.1) is 12.8 Å². The van der Waals surface area contributed by atoms with Gasteiger partial charge < -0.3 is 0 Å². The number of halogens is 3. The molecular formula is C11H5F3. The van der Waals surface area contributed by atoms with Crippen LogP contribution < -0.4 is 0 Å². The Bertz CT molecular complexity index is 427. The number of hydrogen-bond donors (Lipinski definition) is 0. The highest BCUT2D eigenvalue weighted by Crippen LogP contribution is 2.32. The van der Waals surface area contributed by atoms with Crippen molar-refractivity contribution in [1.82, 2.24) is 0 Å². The molecule has 0 aliphatic rings. The second-order valence-corrected chi connectivity index (χ2v) is 2.51. The summed E-state index contributed by atoms with van der Waals surface area (Å²) in [5.74, 6) is 4.08. The van der Waals surface area contributed by atoms with Gasteiger partial charge in [-0.2, -0.15) is 13.2 Å². The molecule has 3 heteroatoms. The molecule has 70 valence electrons. The van der Waals surface area contributed by atoms with E-state index < -0.39 is 11.7 Å². The molecule has 0 saturated heterocycles. The summed E-state index contributed by atoms with van der Waals surface area (Å²) in [6.45, 7) is 0. The van der Waals surface area contributed by atoms with Crippen molar-refractivity contribution in [3.63, 3.8) is 0 Å². The van der Waals surface area contributed by atoms with Crippen LogP contribution in [0.5, 0.6) is 0 Å². The van der Waals surface area contributed by atoms with Crippen molar-refractivity contribution < 1.29 is 13.2 Å². The molecule has 1 rings (SSSR count). The normalized spacial score (nSPS) is 10.4. The second kappa shape index (κ2) is 3.47. The molecule has 0 bridgehead atoms. The Morgan fingerprint density at radius 2 is 1.71 bits per heavy atom. The molecule has 0 atom stereocenters. The van der Waals surface area contributed by atoms with E-state index in [1.807, 2.05) is 5.92 Å². The van der Waals surface area contributed by atoms with Gasteiger partial charge >= 0.3 is 6.18 Å². The lowest BCUT2D eigenvalue weighted by atomic mass is 10.0. The Morgan fingerprint density at radius 3 is 2.14 bits per heavy atom. The summed E-state index contributed by atoms with van der Waals surface area (Å²) in [5.41, 5.74) is -1.06. The van der Waals surface area contributed by atoms with Gasteiger partial charge in [0, 0.05) is 5.56 Å². The summed E-state index contributed by atoms with van der Waals surface area (Å²) in [7, 11) is 0. The maximum absolute atomic E-state index is 12.4. The smallest absolute Gasteiger partial charge is 0.166 e. The summed E-state index contributed by atoms with van der Waals surface area (Å²) in [5, 5.41) is 0. The van der Waals surface area contributed by atoms with E-state index in [1.165, 1.54) is 12.1 Å². The zero-order valence-electron chi connectivity index (χ0n) is 7.02. The number of benzene rings is 1. The Hall–Kier alpha value is -1.87. The first-order valence-electron chi connectivity index (χ1n) is 3.64. The highest BCUT2D eigenvalue weighted by Gasteiger charge is 2.33. The molecule has 14 heavy (non-hydrogen) atoms. The summed E-state index contributed by atoms with van der Waals surface area (Å²) in [6.07, 6.45) is 5.54. The molecule has 0 radical (unpaired) electrons. The minimum absolute atomic E-state index is 0.0855. The van der Waals surface area contributed by atoms with Crippen LogP contribution in [0.3, 0.4) is 0 Å². The Balaban J connectivity index is 3.49. The van der Waals surface area contributed by atoms with Gasteiger partial charge in [0.15, 0.2) is 0 Å². The summed E-state index contributed by atoms with van der Waals surface area (Å²) in [6, 6.07) is 3.53. The molecule has 0 aliphatic heterocycles. The summed E-state index contributed by atoms with van der Waals surface area (Å²) in [4.78, 5) is 0. The van der Waals surface area contributed by atoms with Gasteiger partial charge in [-0.05, 0) is 12.1 Å². The van der Waals surface area contributed by atoms with E-state index in [1.54, 1.807) is 0 Å². The van der Waals surface area contributed by atoms with Crippen LogP contribution in [-0.4, -0.2) is 0 Å². The van der Waals surface area contributed by atoms with Gasteiger partial charge in [0.1, 0.15) is 0 Å². The molecule has 0 spiro atoms. The quantitative estimate of drug-likeness (QED) is 0.557. The zero-order chi connectivity index (χ0) is 10.8. The van der Waals surface area contributed by atoms with Crippen LogP contribution in [0, 0.1) is 24.7 Å². The third kappa shape index (κ3) is 1.72. The van der Waals surface area contributed by atoms with Crippen molar-refractivity contribution in [2.24, 2.45) is 0 Å². The average molecular weight is 194 g/mol. The third-order valence-corrected chi connectivity index (χ3v) is 1.67. The second-order valence-electron chi connectivity index (χ2n) is 2.51. The topological polar surface area (TPSA) is 0 Å². The van der Waals surface area contributed by atoms with Crippen LogP contribution in [-0.2, 0) is 6.18 Å². The fourth-order valence-electron chi connectivity index (χ4n) is 1.06. The van der Waals surface area contributed by atoms with E-state index >= 15 is 0 Å². The van der Waals surface area contributed by atoms with Gasteiger partial charge in [0.25, 0.3) is 0 Å². The molecular weight excluding hydrogens is 189 g/mol. The predicted molar refractivity (Wildman–Crippen MR) is 47.3 cm³/mol. The van der Waals surface area contributed by atoms with Gasteiger partial charge in [0.05, 0.1) is 11.1 Å². The number of alkyl halides is 3. The summed E-state index contributed by atoms with van der Waals surface area (Å²) < 4.78 is 37.2. The number of hydrogen-bond acceptors (Lipinski definition) is 0. The fourth-order valence-corrected chi connectivity index (χ4v) is 1.06. The lowest BCUT2D eigenvalue weighted by Gasteiger charge is -2.09. The molecule has 0 aliphatic carbocycles. The Morgan fingerprint density at radius 1 is 1.07 bits per heavy atom. The van der Waals surface area contributed by atoms with E-state index in [0.29, 0.717) is 0 Å². The Labute approximate surface area is 79.8 Å². The first-order chi connectivity index (χ1) is 6.50. The fraction of sp³-hybridized carbons (Fsp3) is 0.0909. The monoisotopic (exact) mass is 194 g/mol. The molecule has 0 nitrogen and oxygen atoms in total. The molecule has 1 aromatic rings. The minimum atomic E-state index is -4.46. The van der Waals surface area contributed by atoms with Crippen LogP contribution in [0.4, 0.5) is 13.2 Å². The zero-order valence-corrected chi connectivity index (χ0v) is 7.02. The summed E-state index contributed by atoms with van der Waals surface area (Å²) >= 11 is 0. The third-order valence-electron chi connectivity index (χ3n) is 1.67. The molecule has 0 heterocycles. The molecule has 0 saturated carbocycles. The van der Waals surface area contributed by atoms with Crippen molar-refractivity contribution in [1.29, 1.82) is 0 Å². The van der Waals surface area contributed by atoms with Crippen molar-refractivity contribution in [2.45, 2.75) is 6.18 Å². The number of rotatable bonds is 0. The van der Waals surface area contributed by atoms with Crippen molar-refractivity contribution in [3.05, 3.63) is 34.9 Å². The van der Waals surface area contributed by atoms with E-state index in [0.717, 1.165) is 6.07 Å². The van der Waals surface area contributed by atoms with Crippen LogP contribution in [0.25, 0.3) is 0 Å². The highest BCUT2D eigenvalue weighted by molar-refractivity contribution is 5.53. The maximum Gasteiger partial charge on any atom is 0.417 e. The van der Waals surface area contributed by atoms with Gasteiger partial charge in [0.2, 0.25) is 0 Å². The highest BCUT2D eigenvalue weighted by atomic mass is 19.4. The lowest BCUT2D eigenvalue weighted by Crippen LogP contribution is -2.08. The minimum Gasteiger partial charge on any atom is -0.166 e. The van der Waals surface area contributed by atoms with Crippen LogP contribution in [0.15, 0.2) is 18.2 Å². The first kappa shape index (κ1) is 10.2. The van der Waals surface area contributed by atoms with Crippen molar-refractivity contribution in [2.75, 3.05) is 0 Å². The maximum atomic E-state index is 12.4. The molecule has 0 aromatic heterocycles. The SMILES string of the molecule is C#Cc1cccc(C(F)(F)F)c1C#C. The standard InChI is InChI=1S/C11H5F3/c1-3-8-6-5-7-10(9(8)4-2)11(12,13)14/h1-2,5-7H. The molecule has 0 N–H and O–H groups in total.